The van der Waals surface area contributed by atoms with Gasteiger partial charge in [-0.05, 0) is 33.1 Å². The quantitative estimate of drug-likeness (QED) is 0.721. The lowest BCUT2D eigenvalue weighted by molar-refractivity contribution is -0.141. The number of hydrogen-bond donors (Lipinski definition) is 2. The van der Waals surface area contributed by atoms with Crippen LogP contribution in [0.1, 0.15) is 59.3 Å². The van der Waals surface area contributed by atoms with Gasteiger partial charge in [0.2, 0.25) is 5.91 Å². The second-order valence-corrected chi connectivity index (χ2v) is 7.23. The van der Waals surface area contributed by atoms with E-state index in [1.54, 1.807) is 20.8 Å². The Morgan fingerprint density at radius 1 is 1.12 bits per heavy atom. The number of nitrogens with one attached hydrogen (secondary N) is 2. The van der Waals surface area contributed by atoms with E-state index >= 15 is 0 Å². The van der Waals surface area contributed by atoms with Crippen LogP contribution in [0.4, 0.5) is 4.79 Å². The molecule has 1 atom stereocenters. The zero-order valence-corrected chi connectivity index (χ0v) is 15.1. The number of rotatable bonds is 6. The summed E-state index contributed by atoms with van der Waals surface area (Å²) in [7, 11) is 1.26. The maximum Gasteiger partial charge on any atom is 0.408 e. The number of methoxy groups -OCH3 is 1. The van der Waals surface area contributed by atoms with E-state index in [1.807, 2.05) is 0 Å². The maximum absolute atomic E-state index is 12.3. The highest BCUT2D eigenvalue weighted by Crippen LogP contribution is 2.27. The van der Waals surface area contributed by atoms with Crippen LogP contribution in [0.15, 0.2) is 0 Å². The van der Waals surface area contributed by atoms with Crippen molar-refractivity contribution in [3.63, 3.8) is 0 Å². The third-order valence-corrected chi connectivity index (χ3v) is 3.94. The van der Waals surface area contributed by atoms with E-state index in [1.165, 1.54) is 13.5 Å². The van der Waals surface area contributed by atoms with Crippen molar-refractivity contribution in [2.24, 2.45) is 5.92 Å². The summed E-state index contributed by atoms with van der Waals surface area (Å²) in [5, 5.41) is 5.14. The van der Waals surface area contributed by atoms with Crippen molar-refractivity contribution in [1.29, 1.82) is 0 Å². The SMILES string of the molecule is COC(=O)CNC(=O)[C@H](CC1CCCCC1)NC(=O)OC(C)(C)C. The molecule has 1 rings (SSSR count). The second-order valence-electron chi connectivity index (χ2n) is 7.23. The van der Waals surface area contributed by atoms with Gasteiger partial charge in [0.25, 0.3) is 0 Å². The Labute approximate surface area is 143 Å². The molecule has 1 fully saturated rings. The normalized spacial score (nSPS) is 16.8. The van der Waals surface area contributed by atoms with Crippen LogP contribution in [0.2, 0.25) is 0 Å². The first-order chi connectivity index (χ1) is 11.2. The zero-order chi connectivity index (χ0) is 18.2. The average Bonchev–Trinajstić information content (AvgIpc) is 2.50. The molecule has 0 spiro atoms. The van der Waals surface area contributed by atoms with Gasteiger partial charge in [-0.3, -0.25) is 9.59 Å². The molecule has 0 heterocycles. The van der Waals surface area contributed by atoms with Gasteiger partial charge in [-0.15, -0.1) is 0 Å². The molecule has 7 nitrogen and oxygen atoms in total. The predicted molar refractivity (Wildman–Crippen MR) is 89.4 cm³/mol. The Hall–Kier alpha value is -1.79. The van der Waals surface area contributed by atoms with Gasteiger partial charge in [0.05, 0.1) is 7.11 Å². The first-order valence-electron chi connectivity index (χ1n) is 8.55. The molecule has 2 amide bonds. The van der Waals surface area contributed by atoms with Crippen LogP contribution in [-0.2, 0) is 19.1 Å². The Bertz CT molecular complexity index is 439. The molecule has 0 aliphatic heterocycles. The van der Waals surface area contributed by atoms with Crippen molar-refractivity contribution < 1.29 is 23.9 Å². The van der Waals surface area contributed by atoms with Gasteiger partial charge in [0.15, 0.2) is 0 Å². The van der Waals surface area contributed by atoms with Gasteiger partial charge in [-0.25, -0.2) is 4.79 Å². The number of hydrogen-bond acceptors (Lipinski definition) is 5. The van der Waals surface area contributed by atoms with Crippen LogP contribution in [-0.4, -0.2) is 43.3 Å². The second kappa shape index (κ2) is 9.49. The van der Waals surface area contributed by atoms with E-state index < -0.39 is 29.6 Å². The molecule has 0 aromatic heterocycles. The summed E-state index contributed by atoms with van der Waals surface area (Å²) in [5.41, 5.74) is -0.637. The van der Waals surface area contributed by atoms with E-state index in [-0.39, 0.29) is 6.54 Å². The zero-order valence-electron chi connectivity index (χ0n) is 15.1. The van der Waals surface area contributed by atoms with Crippen molar-refractivity contribution in [3.05, 3.63) is 0 Å². The fourth-order valence-corrected chi connectivity index (χ4v) is 2.79. The summed E-state index contributed by atoms with van der Waals surface area (Å²) < 4.78 is 9.74. The number of alkyl carbamates (subject to hydrolysis) is 1. The van der Waals surface area contributed by atoms with Crippen molar-refractivity contribution >= 4 is 18.0 Å². The minimum absolute atomic E-state index is 0.216. The van der Waals surface area contributed by atoms with Crippen LogP contribution in [0, 0.1) is 5.92 Å². The van der Waals surface area contributed by atoms with E-state index in [0.717, 1.165) is 25.7 Å². The third kappa shape index (κ3) is 8.17. The molecule has 24 heavy (non-hydrogen) atoms. The number of esters is 1. The molecule has 138 valence electrons. The molecule has 2 N–H and O–H groups in total. The molecule has 1 aliphatic rings. The molecule has 7 heteroatoms. The molecule has 0 aromatic carbocycles. The minimum atomic E-state index is -0.715. The highest BCUT2D eigenvalue weighted by atomic mass is 16.6. The van der Waals surface area contributed by atoms with Crippen LogP contribution >= 0.6 is 0 Å². The van der Waals surface area contributed by atoms with Crippen molar-refractivity contribution in [1.82, 2.24) is 10.6 Å². The molecule has 1 aliphatic carbocycles. The van der Waals surface area contributed by atoms with Gasteiger partial charge in [-0.1, -0.05) is 32.1 Å². The van der Waals surface area contributed by atoms with Gasteiger partial charge in [0.1, 0.15) is 18.2 Å². The number of ether oxygens (including phenoxy) is 2. The largest absolute Gasteiger partial charge is 0.468 e. The Morgan fingerprint density at radius 2 is 1.75 bits per heavy atom. The lowest BCUT2D eigenvalue weighted by Gasteiger charge is -2.27. The number of carbonyl (C=O) groups is 3. The summed E-state index contributed by atoms with van der Waals surface area (Å²) in [4.78, 5) is 35.5. The summed E-state index contributed by atoms with van der Waals surface area (Å²) in [5.74, 6) is -0.531. The molecule has 0 aromatic rings. The molecule has 0 unspecified atom stereocenters. The van der Waals surface area contributed by atoms with Gasteiger partial charge in [0, 0.05) is 0 Å². The van der Waals surface area contributed by atoms with Gasteiger partial charge in [-0.2, -0.15) is 0 Å². The molecule has 1 saturated carbocycles. The Kier molecular flexibility index (Phi) is 8.01. The van der Waals surface area contributed by atoms with Crippen LogP contribution in [0.5, 0.6) is 0 Å². The Morgan fingerprint density at radius 3 is 2.29 bits per heavy atom. The molecule has 0 radical (unpaired) electrons. The molecule has 0 bridgehead atoms. The fourth-order valence-electron chi connectivity index (χ4n) is 2.79. The lowest BCUT2D eigenvalue weighted by Crippen LogP contribution is -2.50. The summed E-state index contributed by atoms with van der Waals surface area (Å²) in [6.45, 7) is 5.08. The summed E-state index contributed by atoms with van der Waals surface area (Å²) >= 11 is 0. The van der Waals surface area contributed by atoms with Crippen molar-refractivity contribution in [3.8, 4) is 0 Å². The lowest BCUT2D eigenvalue weighted by atomic mass is 9.84. The highest BCUT2D eigenvalue weighted by Gasteiger charge is 2.28. The van der Waals surface area contributed by atoms with E-state index in [2.05, 4.69) is 15.4 Å². The molecular weight excluding hydrogens is 312 g/mol. The van der Waals surface area contributed by atoms with E-state index in [9.17, 15) is 14.4 Å². The predicted octanol–water partition coefficient (Wildman–Crippen LogP) is 2.14. The topological polar surface area (TPSA) is 93.7 Å². The van der Waals surface area contributed by atoms with E-state index in [4.69, 9.17) is 4.74 Å². The standard InChI is InChI=1S/C17H30N2O5/c1-17(2,3)24-16(22)19-13(10-12-8-6-5-7-9-12)15(21)18-11-14(20)23-4/h12-13H,5-11H2,1-4H3,(H,18,21)(H,19,22)/t13-/m0/s1. The van der Waals surface area contributed by atoms with Gasteiger partial charge >= 0.3 is 12.1 Å². The van der Waals surface area contributed by atoms with Crippen LogP contribution in [0.25, 0.3) is 0 Å². The average molecular weight is 342 g/mol. The fraction of sp³-hybridized carbons (Fsp3) is 0.824. The number of amides is 2. The van der Waals surface area contributed by atoms with E-state index in [0.29, 0.717) is 12.3 Å². The van der Waals surface area contributed by atoms with Crippen LogP contribution in [0.3, 0.4) is 0 Å². The molecule has 0 saturated heterocycles. The van der Waals surface area contributed by atoms with Crippen molar-refractivity contribution in [2.45, 2.75) is 70.9 Å². The smallest absolute Gasteiger partial charge is 0.408 e. The van der Waals surface area contributed by atoms with Gasteiger partial charge < -0.3 is 20.1 Å². The number of carbonyl (C=O) groups excluding carboxylic acids is 3. The van der Waals surface area contributed by atoms with Crippen LogP contribution < -0.4 is 10.6 Å². The first kappa shape index (κ1) is 20.3. The highest BCUT2D eigenvalue weighted by molar-refractivity contribution is 5.88. The maximum atomic E-state index is 12.3. The first-order valence-corrected chi connectivity index (χ1v) is 8.55. The Balaban J connectivity index is 2.64. The van der Waals surface area contributed by atoms with Crippen molar-refractivity contribution in [2.75, 3.05) is 13.7 Å². The monoisotopic (exact) mass is 342 g/mol. The minimum Gasteiger partial charge on any atom is -0.468 e. The molecular formula is C17H30N2O5. The third-order valence-electron chi connectivity index (χ3n) is 3.94. The summed E-state index contributed by atoms with van der Waals surface area (Å²) in [6.07, 6.45) is 5.53. The summed E-state index contributed by atoms with van der Waals surface area (Å²) in [6, 6.07) is -0.715.